The van der Waals surface area contributed by atoms with Gasteiger partial charge in [-0.25, -0.2) is 13.1 Å². The highest BCUT2D eigenvalue weighted by atomic mass is 32.2. The average Bonchev–Trinajstić information content (AvgIpc) is 2.78. The van der Waals surface area contributed by atoms with Crippen LogP contribution >= 0.6 is 0 Å². The molecule has 3 aromatic carbocycles. The zero-order valence-electron chi connectivity index (χ0n) is 16.8. The number of nitrogens with one attached hydrogen (secondary N) is 2. The molecule has 30 heavy (non-hydrogen) atoms. The van der Waals surface area contributed by atoms with Crippen molar-refractivity contribution in [2.24, 2.45) is 0 Å². The molecule has 0 atom stereocenters. The SMILES string of the molecule is O=C(CCc1ccc(S(=O)(=O)NCc2ccccc2)cc1)NCCc1ccccc1. The summed E-state index contributed by atoms with van der Waals surface area (Å²) < 4.78 is 27.5. The van der Waals surface area contributed by atoms with E-state index in [0.717, 1.165) is 17.5 Å². The Morgan fingerprint density at radius 3 is 1.90 bits per heavy atom. The fourth-order valence-corrected chi connectivity index (χ4v) is 4.05. The van der Waals surface area contributed by atoms with Crippen LogP contribution in [0, 0.1) is 0 Å². The first kappa shape index (κ1) is 21.7. The van der Waals surface area contributed by atoms with Crippen molar-refractivity contribution in [1.82, 2.24) is 10.0 Å². The van der Waals surface area contributed by atoms with Crippen molar-refractivity contribution >= 4 is 15.9 Å². The molecule has 0 spiro atoms. The predicted octanol–water partition coefficient (Wildman–Crippen LogP) is 3.46. The van der Waals surface area contributed by atoms with Crippen LogP contribution in [0.15, 0.2) is 89.8 Å². The Bertz CT molecular complexity index is 1030. The Hall–Kier alpha value is -2.96. The van der Waals surface area contributed by atoms with Crippen molar-refractivity contribution in [2.45, 2.75) is 30.7 Å². The summed E-state index contributed by atoms with van der Waals surface area (Å²) in [5, 5.41) is 2.92. The van der Waals surface area contributed by atoms with E-state index in [1.165, 1.54) is 5.56 Å². The lowest BCUT2D eigenvalue weighted by molar-refractivity contribution is -0.121. The first-order chi connectivity index (χ1) is 14.5. The summed E-state index contributed by atoms with van der Waals surface area (Å²) in [6, 6.07) is 26.1. The molecule has 0 heterocycles. The molecule has 0 radical (unpaired) electrons. The van der Waals surface area contributed by atoms with Crippen LogP contribution in [0.3, 0.4) is 0 Å². The fraction of sp³-hybridized carbons (Fsp3) is 0.208. The van der Waals surface area contributed by atoms with Gasteiger partial charge in [-0.15, -0.1) is 0 Å². The van der Waals surface area contributed by atoms with E-state index in [9.17, 15) is 13.2 Å². The highest BCUT2D eigenvalue weighted by Crippen LogP contribution is 2.13. The minimum Gasteiger partial charge on any atom is -0.356 e. The second kappa shape index (κ2) is 10.7. The molecule has 3 rings (SSSR count). The monoisotopic (exact) mass is 422 g/mol. The van der Waals surface area contributed by atoms with Gasteiger partial charge in [-0.2, -0.15) is 0 Å². The summed E-state index contributed by atoms with van der Waals surface area (Å²) >= 11 is 0. The zero-order chi connectivity index (χ0) is 21.2. The van der Waals surface area contributed by atoms with Gasteiger partial charge in [0.1, 0.15) is 0 Å². The second-order valence-corrected chi connectivity index (χ2v) is 8.81. The molecule has 0 aliphatic heterocycles. The molecule has 0 aliphatic carbocycles. The molecule has 5 nitrogen and oxygen atoms in total. The van der Waals surface area contributed by atoms with Gasteiger partial charge >= 0.3 is 0 Å². The summed E-state index contributed by atoms with van der Waals surface area (Å²) in [4.78, 5) is 12.3. The third-order valence-corrected chi connectivity index (χ3v) is 6.18. The molecule has 0 bridgehead atoms. The standard InChI is InChI=1S/C24H26N2O3S/c27-24(25-18-17-20-7-3-1-4-8-20)16-13-21-11-14-23(15-12-21)30(28,29)26-19-22-9-5-2-6-10-22/h1-12,14-15,26H,13,16-19H2,(H,25,27). The molecule has 0 unspecified atom stereocenters. The molecule has 0 saturated carbocycles. The number of hydrogen-bond acceptors (Lipinski definition) is 3. The Kier molecular flexibility index (Phi) is 7.76. The maximum absolute atomic E-state index is 12.4. The lowest BCUT2D eigenvalue weighted by Crippen LogP contribution is -2.25. The van der Waals surface area contributed by atoms with E-state index >= 15 is 0 Å². The Labute approximate surface area is 178 Å². The third kappa shape index (κ3) is 6.83. The van der Waals surface area contributed by atoms with Gasteiger partial charge in [-0.1, -0.05) is 72.8 Å². The van der Waals surface area contributed by atoms with Crippen LogP contribution in [0.5, 0.6) is 0 Å². The largest absolute Gasteiger partial charge is 0.356 e. The van der Waals surface area contributed by atoms with Crippen molar-refractivity contribution in [1.29, 1.82) is 0 Å². The molecule has 2 N–H and O–H groups in total. The number of aryl methyl sites for hydroxylation is 1. The van der Waals surface area contributed by atoms with E-state index in [-0.39, 0.29) is 17.3 Å². The second-order valence-electron chi connectivity index (χ2n) is 7.04. The van der Waals surface area contributed by atoms with Gasteiger partial charge in [0, 0.05) is 19.5 Å². The smallest absolute Gasteiger partial charge is 0.240 e. The molecule has 156 valence electrons. The molecule has 0 saturated heterocycles. The van der Waals surface area contributed by atoms with Crippen LogP contribution in [0.1, 0.15) is 23.1 Å². The molecular weight excluding hydrogens is 396 g/mol. The highest BCUT2D eigenvalue weighted by molar-refractivity contribution is 7.89. The maximum Gasteiger partial charge on any atom is 0.240 e. The molecule has 0 aliphatic rings. The van der Waals surface area contributed by atoms with Crippen molar-refractivity contribution in [3.63, 3.8) is 0 Å². The topological polar surface area (TPSA) is 75.3 Å². The highest BCUT2D eigenvalue weighted by Gasteiger charge is 2.13. The van der Waals surface area contributed by atoms with Crippen LogP contribution < -0.4 is 10.0 Å². The number of carbonyl (C=O) groups excluding carboxylic acids is 1. The zero-order valence-corrected chi connectivity index (χ0v) is 17.6. The molecule has 1 amide bonds. The van der Waals surface area contributed by atoms with Crippen LogP contribution in [0.25, 0.3) is 0 Å². The summed E-state index contributed by atoms with van der Waals surface area (Å²) in [5.74, 6) is -0.00726. The fourth-order valence-electron chi connectivity index (χ4n) is 3.03. The van der Waals surface area contributed by atoms with Crippen LogP contribution in [-0.2, 0) is 34.2 Å². The van der Waals surface area contributed by atoms with E-state index in [1.807, 2.05) is 60.7 Å². The number of sulfonamides is 1. The van der Waals surface area contributed by atoms with Gasteiger partial charge in [-0.05, 0) is 41.7 Å². The quantitative estimate of drug-likeness (QED) is 0.525. The van der Waals surface area contributed by atoms with Crippen molar-refractivity contribution in [3.8, 4) is 0 Å². The Morgan fingerprint density at radius 2 is 1.27 bits per heavy atom. The van der Waals surface area contributed by atoms with Crippen molar-refractivity contribution in [3.05, 3.63) is 102 Å². The molecule has 6 heteroatoms. The molecular formula is C24H26N2O3S. The molecule has 0 fully saturated rings. The number of hydrogen-bond donors (Lipinski definition) is 2. The van der Waals surface area contributed by atoms with E-state index in [2.05, 4.69) is 10.0 Å². The van der Waals surface area contributed by atoms with Gasteiger partial charge in [0.15, 0.2) is 0 Å². The van der Waals surface area contributed by atoms with Gasteiger partial charge in [0.25, 0.3) is 0 Å². The van der Waals surface area contributed by atoms with Crippen molar-refractivity contribution < 1.29 is 13.2 Å². The van der Waals surface area contributed by atoms with E-state index in [0.29, 0.717) is 19.4 Å². The van der Waals surface area contributed by atoms with Crippen LogP contribution in [0.4, 0.5) is 0 Å². The third-order valence-electron chi connectivity index (χ3n) is 4.76. The lowest BCUT2D eigenvalue weighted by Gasteiger charge is -2.08. The minimum absolute atomic E-state index is 0.00726. The molecule has 0 aromatic heterocycles. The van der Waals surface area contributed by atoms with Gasteiger partial charge in [0.05, 0.1) is 4.90 Å². The summed E-state index contributed by atoms with van der Waals surface area (Å²) in [6.45, 7) is 0.848. The minimum atomic E-state index is -3.57. The van der Waals surface area contributed by atoms with Gasteiger partial charge in [-0.3, -0.25) is 4.79 Å². The van der Waals surface area contributed by atoms with Crippen LogP contribution in [0.2, 0.25) is 0 Å². The van der Waals surface area contributed by atoms with Crippen LogP contribution in [-0.4, -0.2) is 20.9 Å². The normalized spacial score (nSPS) is 11.2. The Balaban J connectivity index is 1.43. The number of rotatable bonds is 10. The first-order valence-electron chi connectivity index (χ1n) is 9.96. The number of benzene rings is 3. The van der Waals surface area contributed by atoms with Crippen molar-refractivity contribution in [2.75, 3.05) is 6.54 Å². The summed E-state index contributed by atoms with van der Waals surface area (Å²) in [6.07, 6.45) is 1.73. The van der Waals surface area contributed by atoms with E-state index < -0.39 is 10.0 Å². The average molecular weight is 423 g/mol. The number of carbonyl (C=O) groups is 1. The number of amides is 1. The Morgan fingerprint density at radius 1 is 0.700 bits per heavy atom. The molecule has 3 aromatic rings. The summed E-state index contributed by atoms with van der Waals surface area (Å²) in [5.41, 5.74) is 3.02. The first-order valence-corrected chi connectivity index (χ1v) is 11.4. The van der Waals surface area contributed by atoms with Gasteiger partial charge in [0.2, 0.25) is 15.9 Å². The summed E-state index contributed by atoms with van der Waals surface area (Å²) in [7, 11) is -3.57. The van der Waals surface area contributed by atoms with E-state index in [1.54, 1.807) is 24.3 Å². The lowest BCUT2D eigenvalue weighted by atomic mass is 10.1. The predicted molar refractivity (Wildman–Crippen MR) is 118 cm³/mol. The van der Waals surface area contributed by atoms with Gasteiger partial charge < -0.3 is 5.32 Å². The maximum atomic E-state index is 12.4. The van der Waals surface area contributed by atoms with E-state index in [4.69, 9.17) is 0 Å².